The summed E-state index contributed by atoms with van der Waals surface area (Å²) in [7, 11) is 0. The van der Waals surface area contributed by atoms with Crippen LogP contribution in [0, 0.1) is 0 Å². The van der Waals surface area contributed by atoms with Crippen molar-refractivity contribution in [1.82, 2.24) is 0 Å². The summed E-state index contributed by atoms with van der Waals surface area (Å²) in [6.07, 6.45) is -4.58. The Labute approximate surface area is 91.7 Å². The van der Waals surface area contributed by atoms with E-state index in [-0.39, 0.29) is 5.75 Å². The van der Waals surface area contributed by atoms with Crippen molar-refractivity contribution in [2.45, 2.75) is 32.5 Å². The number of hydrogen-bond donors (Lipinski definition) is 1. The molecule has 0 radical (unpaired) electrons. The molecule has 0 atom stereocenters. The maximum absolute atomic E-state index is 12.4. The van der Waals surface area contributed by atoms with Crippen LogP contribution in [-0.2, 0) is 6.18 Å². The first-order chi connectivity index (χ1) is 7.11. The fraction of sp³-hybridized carbons (Fsp3) is 0.455. The topological polar surface area (TPSA) is 29.5 Å². The van der Waals surface area contributed by atoms with E-state index in [1.165, 1.54) is 12.1 Å². The zero-order valence-electron chi connectivity index (χ0n) is 9.22. The standard InChI is InChI=1S/C11H13F3O2/c1-10(2,3)16-8-6-4-5-7(9(8)15)11(12,13)14/h4-6,15H,1-3H3. The van der Waals surface area contributed by atoms with E-state index in [1.54, 1.807) is 20.8 Å². The number of hydrogen-bond acceptors (Lipinski definition) is 2. The van der Waals surface area contributed by atoms with Gasteiger partial charge in [0.25, 0.3) is 0 Å². The average Bonchev–Trinajstić information content (AvgIpc) is 2.04. The van der Waals surface area contributed by atoms with Crippen LogP contribution in [0.25, 0.3) is 0 Å². The van der Waals surface area contributed by atoms with Gasteiger partial charge < -0.3 is 9.84 Å². The molecule has 0 aliphatic rings. The van der Waals surface area contributed by atoms with E-state index < -0.39 is 23.1 Å². The van der Waals surface area contributed by atoms with Crippen LogP contribution in [0.3, 0.4) is 0 Å². The Hall–Kier alpha value is -1.39. The maximum Gasteiger partial charge on any atom is 0.420 e. The zero-order chi connectivity index (χ0) is 12.6. The Morgan fingerprint density at radius 2 is 1.69 bits per heavy atom. The normalized spacial score (nSPS) is 12.6. The number of phenols is 1. The van der Waals surface area contributed by atoms with Gasteiger partial charge in [0.1, 0.15) is 11.2 Å². The largest absolute Gasteiger partial charge is 0.504 e. The van der Waals surface area contributed by atoms with E-state index in [2.05, 4.69) is 0 Å². The molecule has 0 fully saturated rings. The van der Waals surface area contributed by atoms with Gasteiger partial charge in [-0.3, -0.25) is 0 Å². The molecule has 0 amide bonds. The van der Waals surface area contributed by atoms with Gasteiger partial charge in [0.05, 0.1) is 0 Å². The number of benzene rings is 1. The van der Waals surface area contributed by atoms with Crippen LogP contribution in [0.15, 0.2) is 18.2 Å². The average molecular weight is 234 g/mol. The minimum atomic E-state index is -4.58. The van der Waals surface area contributed by atoms with E-state index in [0.717, 1.165) is 6.07 Å². The molecule has 0 aliphatic carbocycles. The van der Waals surface area contributed by atoms with E-state index in [1.807, 2.05) is 0 Å². The Morgan fingerprint density at radius 1 is 1.12 bits per heavy atom. The van der Waals surface area contributed by atoms with Gasteiger partial charge in [-0.1, -0.05) is 6.07 Å². The first kappa shape index (κ1) is 12.7. The summed E-state index contributed by atoms with van der Waals surface area (Å²) >= 11 is 0. The van der Waals surface area contributed by atoms with Crippen molar-refractivity contribution in [3.63, 3.8) is 0 Å². The molecule has 90 valence electrons. The van der Waals surface area contributed by atoms with Gasteiger partial charge in [0.15, 0.2) is 11.5 Å². The molecule has 0 saturated carbocycles. The third-order valence-corrected chi connectivity index (χ3v) is 1.72. The summed E-state index contributed by atoms with van der Waals surface area (Å²) in [6.45, 7) is 5.06. The monoisotopic (exact) mass is 234 g/mol. The molecule has 0 unspecified atom stereocenters. The van der Waals surface area contributed by atoms with E-state index in [9.17, 15) is 18.3 Å². The molecule has 2 nitrogen and oxygen atoms in total. The van der Waals surface area contributed by atoms with Crippen molar-refractivity contribution in [3.05, 3.63) is 23.8 Å². The van der Waals surface area contributed by atoms with Crippen molar-refractivity contribution in [2.75, 3.05) is 0 Å². The molecule has 0 spiro atoms. The molecule has 0 aromatic heterocycles. The van der Waals surface area contributed by atoms with Crippen LogP contribution >= 0.6 is 0 Å². The fourth-order valence-corrected chi connectivity index (χ4v) is 1.16. The number of para-hydroxylation sites is 1. The fourth-order valence-electron chi connectivity index (χ4n) is 1.16. The number of halogens is 3. The van der Waals surface area contributed by atoms with Gasteiger partial charge in [-0.25, -0.2) is 0 Å². The highest BCUT2D eigenvalue weighted by molar-refractivity contribution is 5.47. The number of rotatable bonds is 1. The molecular weight excluding hydrogens is 221 g/mol. The smallest absolute Gasteiger partial charge is 0.420 e. The van der Waals surface area contributed by atoms with Crippen LogP contribution in [0.4, 0.5) is 13.2 Å². The molecule has 1 aromatic carbocycles. The van der Waals surface area contributed by atoms with Crippen LogP contribution in [0.1, 0.15) is 26.3 Å². The van der Waals surface area contributed by atoms with Crippen molar-refractivity contribution in [1.29, 1.82) is 0 Å². The van der Waals surface area contributed by atoms with Gasteiger partial charge in [-0.15, -0.1) is 0 Å². The van der Waals surface area contributed by atoms with Gasteiger partial charge in [0.2, 0.25) is 0 Å². The quantitative estimate of drug-likeness (QED) is 0.804. The van der Waals surface area contributed by atoms with Crippen LogP contribution in [0.2, 0.25) is 0 Å². The lowest BCUT2D eigenvalue weighted by Crippen LogP contribution is -2.23. The minimum absolute atomic E-state index is 0.165. The summed E-state index contributed by atoms with van der Waals surface area (Å²) in [4.78, 5) is 0. The highest BCUT2D eigenvalue weighted by atomic mass is 19.4. The second kappa shape index (κ2) is 3.88. The van der Waals surface area contributed by atoms with Crippen LogP contribution in [0.5, 0.6) is 11.5 Å². The molecule has 0 bridgehead atoms. The van der Waals surface area contributed by atoms with E-state index >= 15 is 0 Å². The minimum Gasteiger partial charge on any atom is -0.504 e. The molecule has 0 heterocycles. The molecule has 1 aromatic rings. The SMILES string of the molecule is CC(C)(C)Oc1cccc(C(F)(F)F)c1O. The second-order valence-corrected chi connectivity index (χ2v) is 4.36. The Kier molecular flexibility index (Phi) is 3.08. The summed E-state index contributed by atoms with van der Waals surface area (Å²) in [5.41, 5.74) is -1.75. The zero-order valence-corrected chi connectivity index (χ0v) is 9.22. The first-order valence-electron chi connectivity index (χ1n) is 4.69. The third-order valence-electron chi connectivity index (χ3n) is 1.72. The third kappa shape index (κ3) is 3.05. The van der Waals surface area contributed by atoms with E-state index in [0.29, 0.717) is 0 Å². The van der Waals surface area contributed by atoms with Crippen LogP contribution < -0.4 is 4.74 Å². The second-order valence-electron chi connectivity index (χ2n) is 4.36. The number of ether oxygens (including phenoxy) is 1. The lowest BCUT2D eigenvalue weighted by atomic mass is 10.1. The first-order valence-corrected chi connectivity index (χ1v) is 4.69. The van der Waals surface area contributed by atoms with Crippen molar-refractivity contribution in [2.24, 2.45) is 0 Å². The van der Waals surface area contributed by atoms with Crippen molar-refractivity contribution in [3.8, 4) is 11.5 Å². The molecule has 0 saturated heterocycles. The van der Waals surface area contributed by atoms with Gasteiger partial charge >= 0.3 is 6.18 Å². The van der Waals surface area contributed by atoms with E-state index in [4.69, 9.17) is 4.74 Å². The summed E-state index contributed by atoms with van der Waals surface area (Å²) in [5.74, 6) is -1.03. The van der Waals surface area contributed by atoms with Crippen molar-refractivity contribution < 1.29 is 23.0 Å². The number of phenolic OH excluding ortho intramolecular Hbond substituents is 1. The highest BCUT2D eigenvalue weighted by Crippen LogP contribution is 2.41. The van der Waals surface area contributed by atoms with Gasteiger partial charge in [-0.05, 0) is 32.9 Å². The van der Waals surface area contributed by atoms with Crippen molar-refractivity contribution >= 4 is 0 Å². The Balaban J connectivity index is 3.15. The molecule has 16 heavy (non-hydrogen) atoms. The summed E-state index contributed by atoms with van der Waals surface area (Å²) in [6, 6.07) is 3.31. The predicted molar refractivity (Wildman–Crippen MR) is 53.5 cm³/mol. The van der Waals surface area contributed by atoms with Gasteiger partial charge in [-0.2, -0.15) is 13.2 Å². The van der Waals surface area contributed by atoms with Crippen LogP contribution in [-0.4, -0.2) is 10.7 Å². The molecule has 5 heteroatoms. The number of alkyl halides is 3. The number of aromatic hydroxyl groups is 1. The molecule has 1 N–H and O–H groups in total. The lowest BCUT2D eigenvalue weighted by molar-refractivity contribution is -0.139. The summed E-state index contributed by atoms with van der Waals surface area (Å²) in [5, 5.41) is 9.44. The van der Waals surface area contributed by atoms with Gasteiger partial charge in [0, 0.05) is 0 Å². The molecular formula is C11H13F3O2. The maximum atomic E-state index is 12.4. The summed E-state index contributed by atoms with van der Waals surface area (Å²) < 4.78 is 42.6. The molecule has 1 rings (SSSR count). The molecule has 0 aliphatic heterocycles. The highest BCUT2D eigenvalue weighted by Gasteiger charge is 2.35. The predicted octanol–water partition coefficient (Wildman–Crippen LogP) is 3.59. The Morgan fingerprint density at radius 3 is 2.12 bits per heavy atom. The lowest BCUT2D eigenvalue weighted by Gasteiger charge is -2.22. The Bertz CT molecular complexity index is 378.